The van der Waals surface area contributed by atoms with Crippen LogP contribution in [0.15, 0.2) is 50.8 Å². The number of amidine groups is 1. The van der Waals surface area contributed by atoms with E-state index in [1.807, 2.05) is 26.0 Å². The van der Waals surface area contributed by atoms with E-state index in [9.17, 15) is 13.4 Å². The molecular formula is C20H22BN3O5S. The predicted molar refractivity (Wildman–Crippen MR) is 115 cm³/mol. The Kier molecular flexibility index (Phi) is 5.39. The Bertz CT molecular complexity index is 1150. The highest BCUT2D eigenvalue weighted by molar-refractivity contribution is 7.90. The second-order valence-electron chi connectivity index (χ2n) is 7.59. The Balaban J connectivity index is 1.69. The quantitative estimate of drug-likeness (QED) is 0.439. The number of sulfonamides is 1. The summed E-state index contributed by atoms with van der Waals surface area (Å²) in [6, 6.07) is 10.4. The maximum atomic E-state index is 12.6. The number of rotatable bonds is 5. The summed E-state index contributed by atoms with van der Waals surface area (Å²) in [7, 11) is -3.22. The van der Waals surface area contributed by atoms with E-state index >= 15 is 0 Å². The van der Waals surface area contributed by atoms with Gasteiger partial charge in [0, 0.05) is 18.2 Å². The van der Waals surface area contributed by atoms with Gasteiger partial charge in [-0.15, -0.1) is 4.40 Å². The highest BCUT2D eigenvalue weighted by Crippen LogP contribution is 2.31. The molecule has 4 rings (SSSR count). The van der Waals surface area contributed by atoms with Crippen molar-refractivity contribution in [3.05, 3.63) is 53.1 Å². The summed E-state index contributed by atoms with van der Waals surface area (Å²) >= 11 is 0. The molecule has 0 aliphatic carbocycles. The second-order valence-corrected chi connectivity index (χ2v) is 9.17. The monoisotopic (exact) mass is 427 g/mol. The minimum Gasteiger partial charge on any atom is -0.497 e. The van der Waals surface area contributed by atoms with E-state index in [-0.39, 0.29) is 16.6 Å². The molecule has 0 fully saturated rings. The molecule has 2 aliphatic rings. The van der Waals surface area contributed by atoms with Gasteiger partial charge in [-0.3, -0.25) is 0 Å². The number of fused-ring (bicyclic) bond motifs is 2. The van der Waals surface area contributed by atoms with E-state index in [2.05, 4.69) is 9.50 Å². The molecule has 0 atom stereocenters. The zero-order valence-corrected chi connectivity index (χ0v) is 17.8. The minimum atomic E-state index is -3.82. The summed E-state index contributed by atoms with van der Waals surface area (Å²) < 4.78 is 39.6. The van der Waals surface area contributed by atoms with Gasteiger partial charge in [-0.2, -0.15) is 13.5 Å². The van der Waals surface area contributed by atoms with Crippen molar-refractivity contribution in [1.29, 1.82) is 0 Å². The molecule has 0 unspecified atom stereocenters. The average molecular weight is 427 g/mol. The minimum absolute atomic E-state index is 0.115. The van der Waals surface area contributed by atoms with Crippen molar-refractivity contribution >= 4 is 34.7 Å². The summed E-state index contributed by atoms with van der Waals surface area (Å²) in [6.45, 7) is 4.88. The lowest BCUT2D eigenvalue weighted by Gasteiger charge is -2.21. The number of methoxy groups -OCH3 is 1. The van der Waals surface area contributed by atoms with Crippen LogP contribution < -0.4 is 10.2 Å². The van der Waals surface area contributed by atoms with Gasteiger partial charge in [0.2, 0.25) is 0 Å². The third kappa shape index (κ3) is 3.85. The molecule has 0 amide bonds. The van der Waals surface area contributed by atoms with Crippen LogP contribution in [0, 0.1) is 5.92 Å². The normalized spacial score (nSPS) is 16.7. The van der Waals surface area contributed by atoms with E-state index < -0.39 is 17.1 Å². The van der Waals surface area contributed by atoms with Crippen molar-refractivity contribution in [3.8, 4) is 5.75 Å². The van der Waals surface area contributed by atoms with Crippen LogP contribution in [0.1, 0.15) is 30.5 Å². The molecule has 0 bridgehead atoms. The fraction of sp³-hybridized carbons (Fsp3) is 0.300. The Hall–Kier alpha value is -2.69. The van der Waals surface area contributed by atoms with Crippen molar-refractivity contribution < 1.29 is 22.8 Å². The van der Waals surface area contributed by atoms with Gasteiger partial charge in [0.05, 0.1) is 19.9 Å². The average Bonchev–Trinajstić information content (AvgIpc) is 3.21. The molecule has 156 valence electrons. The van der Waals surface area contributed by atoms with Gasteiger partial charge in [0.1, 0.15) is 10.6 Å². The third-order valence-corrected chi connectivity index (χ3v) is 6.18. The van der Waals surface area contributed by atoms with Crippen molar-refractivity contribution in [1.82, 2.24) is 5.01 Å². The summed E-state index contributed by atoms with van der Waals surface area (Å²) in [6.07, 6.45) is 1.66. The van der Waals surface area contributed by atoms with Crippen LogP contribution in [0.3, 0.4) is 0 Å². The molecule has 0 aromatic heterocycles. The number of benzene rings is 2. The first-order valence-corrected chi connectivity index (χ1v) is 11.0. The number of nitrogens with zero attached hydrogens (tertiary/aromatic N) is 3. The van der Waals surface area contributed by atoms with Crippen LogP contribution in [0.25, 0.3) is 0 Å². The molecule has 0 spiro atoms. The molecule has 1 N–H and O–H groups in total. The maximum absolute atomic E-state index is 12.6. The highest BCUT2D eigenvalue weighted by Gasteiger charge is 2.33. The molecule has 2 aliphatic heterocycles. The fourth-order valence-electron chi connectivity index (χ4n) is 3.43. The Morgan fingerprint density at radius 3 is 2.87 bits per heavy atom. The molecule has 0 saturated carbocycles. The molecule has 2 aromatic rings. The van der Waals surface area contributed by atoms with E-state index in [4.69, 9.17) is 9.39 Å². The van der Waals surface area contributed by atoms with Gasteiger partial charge in [-0.05, 0) is 40.7 Å². The first kappa shape index (κ1) is 20.6. The van der Waals surface area contributed by atoms with Crippen LogP contribution in [0.5, 0.6) is 5.75 Å². The summed E-state index contributed by atoms with van der Waals surface area (Å²) in [4.78, 5) is 0.115. The molecule has 0 saturated heterocycles. The summed E-state index contributed by atoms with van der Waals surface area (Å²) in [5.74, 6) is 0.964. The van der Waals surface area contributed by atoms with E-state index in [0.29, 0.717) is 24.5 Å². The van der Waals surface area contributed by atoms with Gasteiger partial charge in [-0.1, -0.05) is 26.0 Å². The number of ether oxygens (including phenoxy) is 1. The van der Waals surface area contributed by atoms with E-state index in [0.717, 1.165) is 16.6 Å². The van der Waals surface area contributed by atoms with Crippen molar-refractivity contribution in [2.45, 2.75) is 25.3 Å². The van der Waals surface area contributed by atoms with Gasteiger partial charge < -0.3 is 14.4 Å². The fourth-order valence-corrected chi connectivity index (χ4v) is 4.65. The molecule has 0 radical (unpaired) electrons. The SMILES string of the molecule is COc1ccc2c(c1)S(=O)(=O)N=C2N(CC(C)C)/N=C/c1ccc2c(c1)COB2O. The highest BCUT2D eigenvalue weighted by atomic mass is 32.2. The van der Waals surface area contributed by atoms with Gasteiger partial charge in [0.25, 0.3) is 10.0 Å². The Morgan fingerprint density at radius 1 is 1.33 bits per heavy atom. The Morgan fingerprint density at radius 2 is 2.13 bits per heavy atom. The summed E-state index contributed by atoms with van der Waals surface area (Å²) in [5.41, 5.74) is 2.97. The lowest BCUT2D eigenvalue weighted by Crippen LogP contribution is -2.30. The maximum Gasteiger partial charge on any atom is 0.491 e. The standard InChI is InChI=1S/C20H22BN3O5S/c1-13(2)11-24(22-10-14-4-7-18-15(8-14)12-29-21(18)25)20-17-6-5-16(28-3)9-19(17)30(26,27)23-20/h4-10,13,25H,11-12H2,1-3H3/b22-10+. The van der Waals surface area contributed by atoms with Crippen LogP contribution in [-0.2, 0) is 21.3 Å². The molecule has 2 heterocycles. The zero-order chi connectivity index (χ0) is 21.5. The van der Waals surface area contributed by atoms with Crippen molar-refractivity contribution in [3.63, 3.8) is 0 Å². The Labute approximate surface area is 176 Å². The van der Waals surface area contributed by atoms with Crippen LogP contribution in [0.4, 0.5) is 0 Å². The smallest absolute Gasteiger partial charge is 0.491 e. The van der Waals surface area contributed by atoms with Crippen molar-refractivity contribution in [2.75, 3.05) is 13.7 Å². The van der Waals surface area contributed by atoms with Crippen LogP contribution in [-0.4, -0.2) is 51.3 Å². The van der Waals surface area contributed by atoms with Gasteiger partial charge in [0.15, 0.2) is 5.84 Å². The van der Waals surface area contributed by atoms with Crippen LogP contribution >= 0.6 is 0 Å². The first-order valence-electron chi connectivity index (χ1n) is 9.56. The predicted octanol–water partition coefficient (Wildman–Crippen LogP) is 1.35. The second kappa shape index (κ2) is 7.86. The van der Waals surface area contributed by atoms with Gasteiger partial charge >= 0.3 is 7.12 Å². The molecular weight excluding hydrogens is 405 g/mol. The van der Waals surface area contributed by atoms with Crippen molar-refractivity contribution in [2.24, 2.45) is 15.4 Å². The molecule has 8 nitrogen and oxygen atoms in total. The molecule has 30 heavy (non-hydrogen) atoms. The van der Waals surface area contributed by atoms with Crippen LogP contribution in [0.2, 0.25) is 0 Å². The zero-order valence-electron chi connectivity index (χ0n) is 16.9. The number of hydrazone groups is 1. The topological polar surface area (TPSA) is 101 Å². The lowest BCUT2D eigenvalue weighted by molar-refractivity contribution is 0.275. The number of hydrogen-bond acceptors (Lipinski definition) is 7. The summed E-state index contributed by atoms with van der Waals surface area (Å²) in [5, 5.41) is 15.9. The largest absolute Gasteiger partial charge is 0.497 e. The molecule has 2 aromatic carbocycles. The lowest BCUT2D eigenvalue weighted by atomic mass is 9.79. The third-order valence-electron chi connectivity index (χ3n) is 4.87. The van der Waals surface area contributed by atoms with Gasteiger partial charge in [-0.25, -0.2) is 5.01 Å². The first-order chi connectivity index (χ1) is 14.3. The molecule has 10 heteroatoms. The van der Waals surface area contributed by atoms with E-state index in [1.165, 1.54) is 13.2 Å². The number of hydrogen-bond donors (Lipinski definition) is 1. The van der Waals surface area contributed by atoms with E-state index in [1.54, 1.807) is 29.4 Å².